The molecule has 0 fully saturated rings. The number of nitrogen functional groups attached to an aromatic ring is 1. The molecule has 0 spiro atoms. The third-order valence-electron chi connectivity index (χ3n) is 3.30. The Morgan fingerprint density at radius 1 is 0.842 bits per heavy atom. The molecule has 19 heavy (non-hydrogen) atoms. The van der Waals surface area contributed by atoms with Gasteiger partial charge in [-0.05, 0) is 36.1 Å². The Morgan fingerprint density at radius 2 is 1.58 bits per heavy atom. The summed E-state index contributed by atoms with van der Waals surface area (Å²) in [4.78, 5) is 4.44. The van der Waals surface area contributed by atoms with E-state index < -0.39 is 0 Å². The second kappa shape index (κ2) is 5.11. The number of allylic oxidation sites excluding steroid dienone is 4. The Kier molecular flexibility index (Phi) is 3.15. The molecule has 0 saturated carbocycles. The fraction of sp³-hybridized carbons (Fsp3) is 0.118. The van der Waals surface area contributed by atoms with E-state index in [1.807, 2.05) is 18.2 Å². The first kappa shape index (κ1) is 11.7. The number of hydrogen-bond acceptors (Lipinski definition) is 2. The topological polar surface area (TPSA) is 38.9 Å². The smallest absolute Gasteiger partial charge is 0.0706 e. The molecule has 0 unspecified atom stereocenters. The first-order valence-corrected chi connectivity index (χ1v) is 6.52. The van der Waals surface area contributed by atoms with Gasteiger partial charge in [0.25, 0.3) is 0 Å². The summed E-state index contributed by atoms with van der Waals surface area (Å²) in [6, 6.07) is 14.4. The number of aromatic nitrogens is 1. The van der Waals surface area contributed by atoms with Crippen LogP contribution in [0.25, 0.3) is 11.1 Å². The van der Waals surface area contributed by atoms with Gasteiger partial charge in [0.15, 0.2) is 0 Å². The van der Waals surface area contributed by atoms with Gasteiger partial charge < -0.3 is 5.73 Å². The number of hydrogen-bond donors (Lipinski definition) is 1. The van der Waals surface area contributed by atoms with Crippen LogP contribution in [0.1, 0.15) is 24.1 Å². The van der Waals surface area contributed by atoms with Crippen LogP contribution >= 0.6 is 0 Å². The van der Waals surface area contributed by atoms with Crippen molar-refractivity contribution in [2.75, 3.05) is 5.73 Å². The van der Waals surface area contributed by atoms with E-state index in [1.54, 1.807) is 6.20 Å². The van der Waals surface area contributed by atoms with Gasteiger partial charge in [-0.3, -0.25) is 4.98 Å². The van der Waals surface area contributed by atoms with Gasteiger partial charge in [0.2, 0.25) is 0 Å². The molecule has 0 atom stereocenters. The van der Waals surface area contributed by atoms with Gasteiger partial charge in [-0.15, -0.1) is 0 Å². The molecule has 0 aliphatic heterocycles. The van der Waals surface area contributed by atoms with E-state index in [1.165, 1.54) is 16.7 Å². The number of benzene rings is 1. The van der Waals surface area contributed by atoms with Crippen molar-refractivity contribution in [2.24, 2.45) is 0 Å². The molecule has 1 aromatic heterocycles. The molecular weight excluding hydrogens is 232 g/mol. The predicted octanol–water partition coefficient (Wildman–Crippen LogP) is 3.92. The normalized spacial score (nSPS) is 14.7. The quantitative estimate of drug-likeness (QED) is 0.874. The number of rotatable bonds is 2. The van der Waals surface area contributed by atoms with Crippen LogP contribution in [0.4, 0.5) is 5.69 Å². The highest BCUT2D eigenvalue weighted by atomic mass is 14.7. The lowest BCUT2D eigenvalue weighted by atomic mass is 9.90. The van der Waals surface area contributed by atoms with Crippen molar-refractivity contribution in [3.8, 4) is 0 Å². The fourth-order valence-corrected chi connectivity index (χ4v) is 2.37. The van der Waals surface area contributed by atoms with E-state index in [2.05, 4.69) is 41.4 Å². The third kappa shape index (κ3) is 2.43. The summed E-state index contributed by atoms with van der Waals surface area (Å²) < 4.78 is 0. The highest BCUT2D eigenvalue weighted by Gasteiger charge is 2.13. The highest BCUT2D eigenvalue weighted by Crippen LogP contribution is 2.34. The van der Waals surface area contributed by atoms with E-state index in [0.29, 0.717) is 5.69 Å². The zero-order chi connectivity index (χ0) is 13.1. The summed E-state index contributed by atoms with van der Waals surface area (Å²) in [5, 5.41) is 0. The molecule has 0 saturated heterocycles. The van der Waals surface area contributed by atoms with Crippen molar-refractivity contribution in [1.29, 1.82) is 0 Å². The van der Waals surface area contributed by atoms with Crippen LogP contribution in [0.5, 0.6) is 0 Å². The molecule has 0 bridgehead atoms. The summed E-state index contributed by atoms with van der Waals surface area (Å²) in [5.41, 5.74) is 11.1. The predicted molar refractivity (Wildman–Crippen MR) is 80.3 cm³/mol. The lowest BCUT2D eigenvalue weighted by Gasteiger charge is -2.16. The van der Waals surface area contributed by atoms with Gasteiger partial charge in [0.05, 0.1) is 17.6 Å². The lowest BCUT2D eigenvalue weighted by molar-refractivity contribution is 1.04. The SMILES string of the molecule is Nc1ccc(C2=CCCC=C2c2ccccc2)nc1. The standard InChI is InChI=1S/C17H16N2/c18-14-10-11-17(19-12-14)16-9-5-4-8-15(16)13-6-2-1-3-7-13/h1-3,6-12H,4-5,18H2. The Hall–Kier alpha value is -2.35. The van der Waals surface area contributed by atoms with Crippen molar-refractivity contribution < 1.29 is 0 Å². The van der Waals surface area contributed by atoms with E-state index in [0.717, 1.165) is 18.5 Å². The van der Waals surface area contributed by atoms with Crippen molar-refractivity contribution >= 4 is 16.8 Å². The highest BCUT2D eigenvalue weighted by molar-refractivity contribution is 6.04. The van der Waals surface area contributed by atoms with Gasteiger partial charge >= 0.3 is 0 Å². The molecule has 2 nitrogen and oxygen atoms in total. The van der Waals surface area contributed by atoms with Crippen LogP contribution in [-0.2, 0) is 0 Å². The van der Waals surface area contributed by atoms with Gasteiger partial charge in [0, 0.05) is 5.57 Å². The summed E-state index contributed by atoms with van der Waals surface area (Å²) >= 11 is 0. The minimum absolute atomic E-state index is 0.699. The lowest BCUT2D eigenvalue weighted by Crippen LogP contribution is -1.98. The second-order valence-electron chi connectivity index (χ2n) is 4.66. The van der Waals surface area contributed by atoms with Crippen LogP contribution in [0, 0.1) is 0 Å². The first-order chi connectivity index (χ1) is 9.34. The molecule has 1 aliphatic carbocycles. The molecule has 2 N–H and O–H groups in total. The van der Waals surface area contributed by atoms with Crippen LogP contribution in [0.3, 0.4) is 0 Å². The number of nitrogens with zero attached hydrogens (tertiary/aromatic N) is 1. The summed E-state index contributed by atoms with van der Waals surface area (Å²) in [6.07, 6.45) is 8.43. The molecule has 2 heteroatoms. The Morgan fingerprint density at radius 3 is 2.26 bits per heavy atom. The summed E-state index contributed by atoms with van der Waals surface area (Å²) in [6.45, 7) is 0. The van der Waals surface area contributed by atoms with Gasteiger partial charge in [-0.2, -0.15) is 0 Å². The monoisotopic (exact) mass is 248 g/mol. The number of pyridine rings is 1. The van der Waals surface area contributed by atoms with E-state index in [4.69, 9.17) is 5.73 Å². The molecule has 0 amide bonds. The zero-order valence-electron chi connectivity index (χ0n) is 10.7. The van der Waals surface area contributed by atoms with Crippen molar-refractivity contribution in [3.63, 3.8) is 0 Å². The number of anilines is 1. The Balaban J connectivity index is 2.02. The largest absolute Gasteiger partial charge is 0.397 e. The van der Waals surface area contributed by atoms with E-state index in [-0.39, 0.29) is 0 Å². The fourth-order valence-electron chi connectivity index (χ4n) is 2.37. The molecular formula is C17H16N2. The summed E-state index contributed by atoms with van der Waals surface area (Å²) in [7, 11) is 0. The Bertz CT molecular complexity index is 622. The third-order valence-corrected chi connectivity index (χ3v) is 3.30. The maximum absolute atomic E-state index is 5.71. The molecule has 0 radical (unpaired) electrons. The minimum atomic E-state index is 0.699. The van der Waals surface area contributed by atoms with E-state index >= 15 is 0 Å². The Labute approximate surface area is 113 Å². The second-order valence-corrected chi connectivity index (χ2v) is 4.66. The van der Waals surface area contributed by atoms with Crippen molar-refractivity contribution in [3.05, 3.63) is 72.1 Å². The molecule has 2 aromatic rings. The first-order valence-electron chi connectivity index (χ1n) is 6.52. The van der Waals surface area contributed by atoms with Crippen LogP contribution in [0.2, 0.25) is 0 Å². The van der Waals surface area contributed by atoms with Crippen LogP contribution in [0.15, 0.2) is 60.8 Å². The van der Waals surface area contributed by atoms with E-state index in [9.17, 15) is 0 Å². The summed E-state index contributed by atoms with van der Waals surface area (Å²) in [5.74, 6) is 0. The molecule has 1 aliphatic rings. The molecule has 94 valence electrons. The number of nitrogens with two attached hydrogens (primary N) is 1. The average Bonchev–Trinajstić information content (AvgIpc) is 2.49. The van der Waals surface area contributed by atoms with Crippen LogP contribution in [-0.4, -0.2) is 4.98 Å². The van der Waals surface area contributed by atoms with Crippen molar-refractivity contribution in [1.82, 2.24) is 4.98 Å². The van der Waals surface area contributed by atoms with Gasteiger partial charge in [-0.25, -0.2) is 0 Å². The van der Waals surface area contributed by atoms with Crippen molar-refractivity contribution in [2.45, 2.75) is 12.8 Å². The average molecular weight is 248 g/mol. The zero-order valence-corrected chi connectivity index (χ0v) is 10.7. The molecule has 1 heterocycles. The van der Waals surface area contributed by atoms with Gasteiger partial charge in [-0.1, -0.05) is 42.5 Å². The maximum Gasteiger partial charge on any atom is 0.0706 e. The van der Waals surface area contributed by atoms with Crippen LogP contribution < -0.4 is 5.73 Å². The molecule has 1 aromatic carbocycles. The molecule has 3 rings (SSSR count). The minimum Gasteiger partial charge on any atom is -0.397 e. The maximum atomic E-state index is 5.71. The van der Waals surface area contributed by atoms with Gasteiger partial charge in [0.1, 0.15) is 0 Å².